The van der Waals surface area contributed by atoms with Gasteiger partial charge < -0.3 is 10.4 Å². The van der Waals surface area contributed by atoms with Gasteiger partial charge in [-0.3, -0.25) is 4.79 Å². The van der Waals surface area contributed by atoms with E-state index in [1.165, 1.54) is 0 Å². The second-order valence-corrected chi connectivity index (χ2v) is 4.79. The molecule has 4 nitrogen and oxygen atoms in total. The van der Waals surface area contributed by atoms with E-state index in [0.717, 1.165) is 26.0 Å². The molecular weight excluding hydrogens is 287 g/mol. The molecule has 1 saturated carbocycles. The highest BCUT2D eigenvalue weighted by atomic mass is 19.2. The minimum absolute atomic E-state index is 0.0862. The number of rotatable bonds is 5. The lowest BCUT2D eigenvalue weighted by Crippen LogP contribution is -2.20. The van der Waals surface area contributed by atoms with Crippen LogP contribution in [0.15, 0.2) is 17.8 Å². The smallest absolute Gasteiger partial charge is 0.341 e. The first-order chi connectivity index (χ1) is 9.82. The fraction of sp³-hybridized carbons (Fsp3) is 0.286. The van der Waals surface area contributed by atoms with Crippen molar-refractivity contribution in [3.8, 4) is 0 Å². The number of hydrogen-bond acceptors (Lipinski definition) is 3. The van der Waals surface area contributed by atoms with Gasteiger partial charge in [0.15, 0.2) is 11.6 Å². The lowest BCUT2D eigenvalue weighted by molar-refractivity contribution is -0.132. The maximum Gasteiger partial charge on any atom is 0.341 e. The lowest BCUT2D eigenvalue weighted by Gasteiger charge is -2.09. The van der Waals surface area contributed by atoms with Crippen LogP contribution in [0, 0.1) is 24.4 Å². The molecule has 0 radical (unpaired) electrons. The van der Waals surface area contributed by atoms with Crippen LogP contribution >= 0.6 is 0 Å². The van der Waals surface area contributed by atoms with E-state index >= 15 is 0 Å². The minimum Gasteiger partial charge on any atom is -0.477 e. The van der Waals surface area contributed by atoms with Crippen molar-refractivity contribution in [2.45, 2.75) is 25.8 Å². The Bertz CT molecular complexity index is 651. The minimum atomic E-state index is -1.57. The Hall–Kier alpha value is -2.31. The summed E-state index contributed by atoms with van der Waals surface area (Å²) in [6.07, 6.45) is 2.66. The van der Waals surface area contributed by atoms with Crippen LogP contribution in [0.1, 0.15) is 28.8 Å². The second-order valence-electron chi connectivity index (χ2n) is 4.79. The second kappa shape index (κ2) is 5.59. The molecule has 1 aliphatic rings. The van der Waals surface area contributed by atoms with Crippen molar-refractivity contribution in [3.63, 3.8) is 0 Å². The van der Waals surface area contributed by atoms with Crippen LogP contribution in [0.5, 0.6) is 0 Å². The number of benzene rings is 1. The number of carboxylic acid groups (broad SMARTS) is 1. The molecule has 0 spiro atoms. The number of carbonyl (C=O) groups excluding carboxylic acids is 1. The summed E-state index contributed by atoms with van der Waals surface area (Å²) >= 11 is 0. The number of nitrogens with one attached hydrogen (secondary N) is 1. The highest BCUT2D eigenvalue weighted by molar-refractivity contribution is 6.24. The molecular formula is C14H12F3NO3. The number of Topliss-reactive ketones (excluding diaryl/α,β-unsaturated/α-hetero) is 1. The number of carboxylic acids is 1. The first kappa shape index (κ1) is 15.1. The van der Waals surface area contributed by atoms with Crippen LogP contribution in [-0.2, 0) is 4.79 Å². The summed E-state index contributed by atoms with van der Waals surface area (Å²) in [5.41, 5.74) is -2.06. The first-order valence-corrected chi connectivity index (χ1v) is 6.21. The van der Waals surface area contributed by atoms with Crippen LogP contribution in [0.25, 0.3) is 0 Å². The fourth-order valence-electron chi connectivity index (χ4n) is 1.80. The maximum atomic E-state index is 13.7. The van der Waals surface area contributed by atoms with Crippen LogP contribution in [-0.4, -0.2) is 22.9 Å². The number of carbonyl (C=O) groups is 2. The lowest BCUT2D eigenvalue weighted by atomic mass is 9.98. The summed E-state index contributed by atoms with van der Waals surface area (Å²) in [7, 11) is 0. The molecule has 1 fully saturated rings. The highest BCUT2D eigenvalue weighted by Gasteiger charge is 2.28. The topological polar surface area (TPSA) is 66.4 Å². The van der Waals surface area contributed by atoms with E-state index in [0.29, 0.717) is 0 Å². The highest BCUT2D eigenvalue weighted by Crippen LogP contribution is 2.23. The Morgan fingerprint density at radius 2 is 1.90 bits per heavy atom. The maximum absolute atomic E-state index is 13.7. The number of halogens is 3. The third-order valence-electron chi connectivity index (χ3n) is 3.15. The molecule has 1 aromatic carbocycles. The zero-order valence-corrected chi connectivity index (χ0v) is 11.0. The van der Waals surface area contributed by atoms with Gasteiger partial charge in [-0.05, 0) is 19.8 Å². The molecule has 0 aromatic heterocycles. The monoisotopic (exact) mass is 299 g/mol. The van der Waals surface area contributed by atoms with Gasteiger partial charge in [0.1, 0.15) is 11.4 Å². The number of hydrogen-bond donors (Lipinski definition) is 2. The van der Waals surface area contributed by atoms with Gasteiger partial charge in [0.25, 0.3) is 0 Å². The SMILES string of the molecule is Cc1c(F)c(F)cc(F)c1C(=O)/C(=C/NC1CC1)C(=O)O. The molecule has 0 unspecified atom stereocenters. The summed E-state index contributed by atoms with van der Waals surface area (Å²) in [5.74, 6) is -6.88. The Kier molecular flexibility index (Phi) is 4.02. The summed E-state index contributed by atoms with van der Waals surface area (Å²) in [5, 5.41) is 11.7. The van der Waals surface area contributed by atoms with Crippen molar-refractivity contribution < 1.29 is 27.9 Å². The molecule has 1 aliphatic carbocycles. The van der Waals surface area contributed by atoms with Gasteiger partial charge in [0, 0.05) is 23.9 Å². The van der Waals surface area contributed by atoms with Crippen molar-refractivity contribution in [2.75, 3.05) is 0 Å². The van der Waals surface area contributed by atoms with Gasteiger partial charge in [-0.1, -0.05) is 0 Å². The largest absolute Gasteiger partial charge is 0.477 e. The Morgan fingerprint density at radius 3 is 2.43 bits per heavy atom. The molecule has 0 atom stereocenters. The molecule has 7 heteroatoms. The van der Waals surface area contributed by atoms with E-state index in [1.807, 2.05) is 0 Å². The molecule has 2 N–H and O–H groups in total. The van der Waals surface area contributed by atoms with Crippen molar-refractivity contribution in [1.82, 2.24) is 5.32 Å². The van der Waals surface area contributed by atoms with E-state index in [-0.39, 0.29) is 12.1 Å². The van der Waals surface area contributed by atoms with Crippen molar-refractivity contribution in [3.05, 3.63) is 46.4 Å². The summed E-state index contributed by atoms with van der Waals surface area (Å²) in [4.78, 5) is 23.2. The van der Waals surface area contributed by atoms with Crippen molar-refractivity contribution in [2.24, 2.45) is 0 Å². The Morgan fingerprint density at radius 1 is 1.29 bits per heavy atom. The molecule has 21 heavy (non-hydrogen) atoms. The van der Waals surface area contributed by atoms with E-state index in [2.05, 4.69) is 5.32 Å². The normalized spacial score (nSPS) is 15.0. The summed E-state index contributed by atoms with van der Waals surface area (Å²) in [6, 6.07) is 0.312. The van der Waals surface area contributed by atoms with Crippen LogP contribution in [0.3, 0.4) is 0 Å². The quantitative estimate of drug-likeness (QED) is 0.288. The van der Waals surface area contributed by atoms with Crippen LogP contribution < -0.4 is 5.32 Å². The van der Waals surface area contributed by atoms with Crippen LogP contribution in [0.4, 0.5) is 13.2 Å². The van der Waals surface area contributed by atoms with Crippen molar-refractivity contribution >= 4 is 11.8 Å². The zero-order chi connectivity index (χ0) is 15.7. The zero-order valence-electron chi connectivity index (χ0n) is 11.0. The molecule has 0 aliphatic heterocycles. The standard InChI is InChI=1S/C14H12F3NO3/c1-6-11(9(15)4-10(16)12(6)17)13(19)8(14(20)21)5-18-7-2-3-7/h4-5,7,18H,2-3H2,1H3,(H,20,21)/b8-5-. The Labute approximate surface area is 118 Å². The van der Waals surface area contributed by atoms with Crippen LogP contribution in [0.2, 0.25) is 0 Å². The van der Waals surface area contributed by atoms with E-state index in [4.69, 9.17) is 5.11 Å². The predicted molar refractivity (Wildman–Crippen MR) is 67.3 cm³/mol. The van der Waals surface area contributed by atoms with E-state index in [9.17, 15) is 22.8 Å². The van der Waals surface area contributed by atoms with Gasteiger partial charge in [-0.25, -0.2) is 18.0 Å². The average Bonchev–Trinajstić information content (AvgIpc) is 3.20. The summed E-state index contributed by atoms with van der Waals surface area (Å²) < 4.78 is 40.2. The summed E-state index contributed by atoms with van der Waals surface area (Å²) in [6.45, 7) is 1.02. The molecule has 0 saturated heterocycles. The predicted octanol–water partition coefficient (Wildman–Crippen LogP) is 2.32. The average molecular weight is 299 g/mol. The number of ketones is 1. The van der Waals surface area contributed by atoms with Gasteiger partial charge in [0.05, 0.1) is 5.56 Å². The van der Waals surface area contributed by atoms with E-state index < -0.39 is 45.9 Å². The van der Waals surface area contributed by atoms with E-state index in [1.54, 1.807) is 0 Å². The van der Waals surface area contributed by atoms with Gasteiger partial charge in [-0.2, -0.15) is 0 Å². The third kappa shape index (κ3) is 3.07. The number of aliphatic carboxylic acids is 1. The Balaban J connectivity index is 2.43. The molecule has 112 valence electrons. The molecule has 0 amide bonds. The van der Waals surface area contributed by atoms with Gasteiger partial charge in [-0.15, -0.1) is 0 Å². The van der Waals surface area contributed by atoms with Gasteiger partial charge in [0.2, 0.25) is 5.78 Å². The molecule has 0 bridgehead atoms. The van der Waals surface area contributed by atoms with Crippen molar-refractivity contribution in [1.29, 1.82) is 0 Å². The van der Waals surface area contributed by atoms with Gasteiger partial charge >= 0.3 is 5.97 Å². The first-order valence-electron chi connectivity index (χ1n) is 6.21. The third-order valence-corrected chi connectivity index (χ3v) is 3.15. The molecule has 0 heterocycles. The molecule has 2 rings (SSSR count). The fourth-order valence-corrected chi connectivity index (χ4v) is 1.80. The molecule has 1 aromatic rings.